The molecule has 0 fully saturated rings. The third kappa shape index (κ3) is 3.39. The highest BCUT2D eigenvalue weighted by Crippen LogP contribution is 2.25. The summed E-state index contributed by atoms with van der Waals surface area (Å²) >= 11 is 1.32. The van der Waals surface area contributed by atoms with Crippen molar-refractivity contribution in [3.05, 3.63) is 82.8 Å². The van der Waals surface area contributed by atoms with Gasteiger partial charge in [-0.15, -0.1) is 0 Å². The van der Waals surface area contributed by atoms with Crippen LogP contribution in [-0.4, -0.2) is 24.7 Å². The normalized spacial score (nSPS) is 11.2. The van der Waals surface area contributed by atoms with Crippen LogP contribution in [0.3, 0.4) is 0 Å². The molecule has 1 aromatic carbocycles. The average molecular weight is 417 g/mol. The van der Waals surface area contributed by atoms with Crippen molar-refractivity contribution in [1.82, 2.24) is 24.7 Å². The summed E-state index contributed by atoms with van der Waals surface area (Å²) in [5.41, 5.74) is 1.45. The molecule has 8 nitrogen and oxygen atoms in total. The van der Waals surface area contributed by atoms with E-state index in [-0.39, 0.29) is 5.56 Å². The van der Waals surface area contributed by atoms with Crippen LogP contribution in [0.1, 0.15) is 11.5 Å². The Morgan fingerprint density at radius 1 is 1.07 bits per heavy atom. The summed E-state index contributed by atoms with van der Waals surface area (Å²) in [7, 11) is 0. The van der Waals surface area contributed by atoms with Gasteiger partial charge in [-0.1, -0.05) is 35.1 Å². The Balaban J connectivity index is 1.53. The van der Waals surface area contributed by atoms with E-state index in [0.29, 0.717) is 45.1 Å². The van der Waals surface area contributed by atoms with E-state index < -0.39 is 0 Å². The fraction of sp³-hybridized carbons (Fsp3) is 0.0952. The second-order valence-corrected chi connectivity index (χ2v) is 7.47. The van der Waals surface area contributed by atoms with E-state index >= 15 is 0 Å². The number of aromatic nitrogens is 5. The average Bonchev–Trinajstić information content (AvgIpc) is 3.45. The zero-order chi connectivity index (χ0) is 20.5. The molecular formula is C21H15N5O3S. The molecule has 0 atom stereocenters. The summed E-state index contributed by atoms with van der Waals surface area (Å²) in [5.74, 6) is 2.15. The highest BCUT2D eigenvalue weighted by atomic mass is 32.2. The Kier molecular flexibility index (Phi) is 4.64. The summed E-state index contributed by atoms with van der Waals surface area (Å²) in [6.45, 7) is 1.94. The van der Waals surface area contributed by atoms with Crippen LogP contribution in [0.25, 0.3) is 28.3 Å². The molecule has 0 saturated heterocycles. The summed E-state index contributed by atoms with van der Waals surface area (Å²) in [6, 6.07) is 14.5. The van der Waals surface area contributed by atoms with Gasteiger partial charge >= 0.3 is 0 Å². The molecule has 0 unspecified atom stereocenters. The number of furan rings is 1. The van der Waals surface area contributed by atoms with Crippen LogP contribution in [0.4, 0.5) is 0 Å². The second-order valence-electron chi connectivity index (χ2n) is 6.52. The molecule has 0 radical (unpaired) electrons. The fourth-order valence-electron chi connectivity index (χ4n) is 2.95. The van der Waals surface area contributed by atoms with E-state index in [2.05, 4.69) is 20.1 Å². The van der Waals surface area contributed by atoms with Gasteiger partial charge < -0.3 is 8.94 Å². The lowest BCUT2D eigenvalue weighted by Crippen LogP contribution is -2.22. The Morgan fingerprint density at radius 3 is 2.77 bits per heavy atom. The van der Waals surface area contributed by atoms with Crippen molar-refractivity contribution in [1.29, 1.82) is 0 Å². The van der Waals surface area contributed by atoms with Gasteiger partial charge in [-0.05, 0) is 42.8 Å². The molecule has 5 rings (SSSR count). The van der Waals surface area contributed by atoms with Crippen molar-refractivity contribution >= 4 is 22.7 Å². The topological polar surface area (TPSA) is 99.8 Å². The summed E-state index contributed by atoms with van der Waals surface area (Å²) in [6.07, 6.45) is 3.27. The van der Waals surface area contributed by atoms with Crippen molar-refractivity contribution in [2.45, 2.75) is 17.8 Å². The number of thioether (sulfide) groups is 1. The minimum atomic E-state index is -0.179. The van der Waals surface area contributed by atoms with Crippen LogP contribution in [0.2, 0.25) is 0 Å². The minimum absolute atomic E-state index is 0.179. The van der Waals surface area contributed by atoms with E-state index in [1.54, 1.807) is 36.7 Å². The first-order valence-corrected chi connectivity index (χ1v) is 10.1. The van der Waals surface area contributed by atoms with Gasteiger partial charge in [0.05, 0.1) is 22.9 Å². The lowest BCUT2D eigenvalue weighted by atomic mass is 10.2. The van der Waals surface area contributed by atoms with Gasteiger partial charge in [0.2, 0.25) is 11.7 Å². The largest absolute Gasteiger partial charge is 0.461 e. The number of para-hydroxylation sites is 1. The number of nitrogens with zero attached hydrogens (tertiary/aromatic N) is 5. The minimum Gasteiger partial charge on any atom is -0.461 e. The molecule has 30 heavy (non-hydrogen) atoms. The summed E-state index contributed by atoms with van der Waals surface area (Å²) < 4.78 is 12.1. The van der Waals surface area contributed by atoms with Gasteiger partial charge in [0, 0.05) is 6.20 Å². The monoisotopic (exact) mass is 417 g/mol. The number of aryl methyl sites for hydroxylation is 1. The van der Waals surface area contributed by atoms with Crippen molar-refractivity contribution < 1.29 is 8.94 Å². The van der Waals surface area contributed by atoms with E-state index in [4.69, 9.17) is 8.94 Å². The van der Waals surface area contributed by atoms with Crippen molar-refractivity contribution in [2.75, 3.05) is 0 Å². The lowest BCUT2D eigenvalue weighted by Gasteiger charge is -2.12. The number of hydrogen-bond donors (Lipinski definition) is 0. The molecule has 0 N–H and O–H groups in total. The molecular weight excluding hydrogens is 402 g/mol. The first kappa shape index (κ1) is 18.3. The maximum Gasteiger partial charge on any atom is 0.267 e. The Bertz CT molecular complexity index is 1370. The van der Waals surface area contributed by atoms with E-state index in [9.17, 15) is 4.79 Å². The molecule has 0 bridgehead atoms. The highest BCUT2D eigenvalue weighted by molar-refractivity contribution is 7.98. The molecule has 0 aliphatic carbocycles. The van der Waals surface area contributed by atoms with Gasteiger partial charge in [-0.3, -0.25) is 4.79 Å². The smallest absolute Gasteiger partial charge is 0.267 e. The van der Waals surface area contributed by atoms with Crippen LogP contribution in [-0.2, 0) is 5.75 Å². The third-order valence-electron chi connectivity index (χ3n) is 4.40. The Morgan fingerprint density at radius 2 is 1.97 bits per heavy atom. The maximum absolute atomic E-state index is 13.2. The first-order valence-electron chi connectivity index (χ1n) is 9.13. The fourth-order valence-corrected chi connectivity index (χ4v) is 3.79. The molecule has 0 aliphatic rings. The number of pyridine rings is 1. The molecule has 0 saturated carbocycles. The SMILES string of the molecule is Cc1ccc(-n2c(SCc3nc(-c4ccco4)no3)nc3ccccc3c2=O)nc1. The predicted molar refractivity (Wildman–Crippen MR) is 111 cm³/mol. The molecule has 0 amide bonds. The number of benzene rings is 1. The molecule has 148 valence electrons. The summed E-state index contributed by atoms with van der Waals surface area (Å²) in [5, 5.41) is 4.96. The van der Waals surface area contributed by atoms with Crippen molar-refractivity contribution in [3.63, 3.8) is 0 Å². The maximum atomic E-state index is 13.2. The van der Waals surface area contributed by atoms with Gasteiger partial charge in [0.25, 0.3) is 5.56 Å². The van der Waals surface area contributed by atoms with Crippen LogP contribution < -0.4 is 5.56 Å². The molecule has 9 heteroatoms. The van der Waals surface area contributed by atoms with Gasteiger partial charge in [-0.25, -0.2) is 14.5 Å². The Hall–Kier alpha value is -3.72. The predicted octanol–water partition coefficient (Wildman–Crippen LogP) is 4.02. The van der Waals surface area contributed by atoms with Gasteiger partial charge in [0.15, 0.2) is 10.9 Å². The van der Waals surface area contributed by atoms with E-state index in [0.717, 1.165) is 5.56 Å². The Labute approximate surface area is 174 Å². The summed E-state index contributed by atoms with van der Waals surface area (Å²) in [4.78, 5) is 26.7. The van der Waals surface area contributed by atoms with Crippen molar-refractivity contribution in [2.24, 2.45) is 0 Å². The molecule has 0 spiro atoms. The van der Waals surface area contributed by atoms with Gasteiger partial charge in [0.1, 0.15) is 5.82 Å². The standard InChI is InChI=1S/C21H15N5O3S/c1-13-8-9-17(22-11-13)26-20(27)14-5-2-3-6-15(14)23-21(26)30-12-18-24-19(25-29-18)16-7-4-10-28-16/h2-11H,12H2,1H3. The highest BCUT2D eigenvalue weighted by Gasteiger charge is 2.16. The molecule has 5 aromatic rings. The van der Waals surface area contributed by atoms with Crippen LogP contribution in [0.15, 0.2) is 79.9 Å². The number of hydrogen-bond acceptors (Lipinski definition) is 8. The van der Waals surface area contributed by atoms with Crippen LogP contribution >= 0.6 is 11.8 Å². The van der Waals surface area contributed by atoms with Gasteiger partial charge in [-0.2, -0.15) is 4.98 Å². The van der Waals surface area contributed by atoms with Crippen LogP contribution in [0.5, 0.6) is 0 Å². The lowest BCUT2D eigenvalue weighted by molar-refractivity contribution is 0.390. The zero-order valence-electron chi connectivity index (χ0n) is 15.8. The number of rotatable bonds is 5. The second kappa shape index (κ2) is 7.60. The molecule has 4 aromatic heterocycles. The van der Waals surface area contributed by atoms with Crippen LogP contribution in [0, 0.1) is 6.92 Å². The molecule has 4 heterocycles. The van der Waals surface area contributed by atoms with E-state index in [1.165, 1.54) is 16.3 Å². The third-order valence-corrected chi connectivity index (χ3v) is 5.33. The quantitative estimate of drug-likeness (QED) is 0.312. The van der Waals surface area contributed by atoms with E-state index in [1.807, 2.05) is 31.2 Å². The van der Waals surface area contributed by atoms with Crippen molar-refractivity contribution in [3.8, 4) is 17.4 Å². The first-order chi connectivity index (χ1) is 14.7. The zero-order valence-corrected chi connectivity index (χ0v) is 16.7. The molecule has 0 aliphatic heterocycles. The number of fused-ring (bicyclic) bond motifs is 1.